The molecule has 1 saturated heterocycles. The van der Waals surface area contributed by atoms with Crippen LogP contribution in [0.25, 0.3) is 10.4 Å². The second-order valence-corrected chi connectivity index (χ2v) is 8.65. The highest BCUT2D eigenvalue weighted by Gasteiger charge is 2.28. The summed E-state index contributed by atoms with van der Waals surface area (Å²) in [4.78, 5) is 29.5. The Morgan fingerprint density at radius 2 is 1.65 bits per heavy atom. The summed E-state index contributed by atoms with van der Waals surface area (Å²) in [6.07, 6.45) is 3.19. The molecule has 6 heteroatoms. The highest BCUT2D eigenvalue weighted by molar-refractivity contribution is 7.20. The van der Waals surface area contributed by atoms with Crippen LogP contribution in [0.15, 0.2) is 54.6 Å². The summed E-state index contributed by atoms with van der Waals surface area (Å²) in [6.45, 7) is 3.48. The summed E-state index contributed by atoms with van der Waals surface area (Å²) < 4.78 is 5.34. The van der Waals surface area contributed by atoms with Gasteiger partial charge in [-0.2, -0.15) is 0 Å². The van der Waals surface area contributed by atoms with Crippen LogP contribution in [0.1, 0.15) is 45.5 Å². The largest absolute Gasteiger partial charge is 0.496 e. The van der Waals surface area contributed by atoms with E-state index in [0.717, 1.165) is 48.4 Å². The van der Waals surface area contributed by atoms with Gasteiger partial charge >= 0.3 is 0 Å². The van der Waals surface area contributed by atoms with Crippen LogP contribution in [0.2, 0.25) is 0 Å². The number of hydrogen-bond acceptors (Lipinski definition) is 4. The standard InChI is InChI=1S/C25H26N2O3S/c1-17-21(25(29)27-15-9-4-10-16-27)24(31-22(17)18-11-5-3-6-12-18)26-23(28)19-13-7-8-14-20(19)30-2/h3,5-8,11-14H,4,9-10,15-16H2,1-2H3,(H,26,28). The molecule has 0 atom stereocenters. The number of rotatable bonds is 5. The maximum atomic E-state index is 13.5. The molecule has 0 radical (unpaired) electrons. The van der Waals surface area contributed by atoms with Crippen LogP contribution in [0.5, 0.6) is 5.75 Å². The average molecular weight is 435 g/mol. The number of thiophene rings is 1. The van der Waals surface area contributed by atoms with Crippen molar-refractivity contribution in [3.05, 3.63) is 71.3 Å². The van der Waals surface area contributed by atoms with Gasteiger partial charge in [0.1, 0.15) is 10.8 Å². The number of amides is 2. The van der Waals surface area contributed by atoms with Crippen LogP contribution >= 0.6 is 11.3 Å². The first kappa shape index (κ1) is 21.1. The Hall–Kier alpha value is -3.12. The lowest BCUT2D eigenvalue weighted by Gasteiger charge is -2.27. The number of hydrogen-bond donors (Lipinski definition) is 1. The molecule has 2 amide bonds. The lowest BCUT2D eigenvalue weighted by Crippen LogP contribution is -2.36. The topological polar surface area (TPSA) is 58.6 Å². The Kier molecular flexibility index (Phi) is 6.37. The van der Waals surface area contributed by atoms with Crippen LogP contribution in [-0.4, -0.2) is 36.9 Å². The first-order valence-electron chi connectivity index (χ1n) is 10.5. The normalized spacial score (nSPS) is 13.7. The van der Waals surface area contributed by atoms with Gasteiger partial charge in [0.05, 0.1) is 18.2 Å². The molecule has 160 valence electrons. The minimum absolute atomic E-state index is 0.00837. The molecule has 0 unspecified atom stereocenters. The molecule has 2 heterocycles. The summed E-state index contributed by atoms with van der Waals surface area (Å²) in [5.41, 5.74) is 2.97. The van der Waals surface area contributed by atoms with Crippen LogP contribution in [-0.2, 0) is 0 Å². The summed E-state index contributed by atoms with van der Waals surface area (Å²) in [7, 11) is 1.54. The average Bonchev–Trinajstić information content (AvgIpc) is 3.15. The maximum absolute atomic E-state index is 13.5. The van der Waals surface area contributed by atoms with Crippen molar-refractivity contribution in [3.8, 4) is 16.2 Å². The number of likely N-dealkylation sites (tertiary alicyclic amines) is 1. The quantitative estimate of drug-likeness (QED) is 0.568. The summed E-state index contributed by atoms with van der Waals surface area (Å²) in [5, 5.41) is 3.59. The molecule has 0 aliphatic carbocycles. The van der Waals surface area contributed by atoms with Crippen molar-refractivity contribution in [2.75, 3.05) is 25.5 Å². The van der Waals surface area contributed by atoms with E-state index in [4.69, 9.17) is 4.74 Å². The molecule has 1 aromatic heterocycles. The number of ether oxygens (including phenoxy) is 1. The number of nitrogens with one attached hydrogen (secondary N) is 1. The SMILES string of the molecule is COc1ccccc1C(=O)Nc1sc(-c2ccccc2)c(C)c1C(=O)N1CCCCC1. The maximum Gasteiger partial charge on any atom is 0.260 e. The monoisotopic (exact) mass is 434 g/mol. The molecule has 1 aliphatic heterocycles. The van der Waals surface area contributed by atoms with Crippen LogP contribution in [0, 0.1) is 6.92 Å². The van der Waals surface area contributed by atoms with Crippen molar-refractivity contribution in [1.82, 2.24) is 4.90 Å². The first-order valence-corrected chi connectivity index (χ1v) is 11.3. The van der Waals surface area contributed by atoms with Crippen LogP contribution < -0.4 is 10.1 Å². The molecular formula is C25H26N2O3S. The number of piperidine rings is 1. The first-order chi connectivity index (χ1) is 15.1. The molecule has 31 heavy (non-hydrogen) atoms. The van der Waals surface area contributed by atoms with Gasteiger partial charge in [0.25, 0.3) is 11.8 Å². The van der Waals surface area contributed by atoms with Crippen molar-refractivity contribution in [2.24, 2.45) is 0 Å². The lowest BCUT2D eigenvalue weighted by molar-refractivity contribution is 0.0725. The van der Waals surface area contributed by atoms with Gasteiger partial charge < -0.3 is 15.0 Å². The summed E-state index contributed by atoms with van der Waals surface area (Å²) in [5.74, 6) is 0.206. The predicted octanol–water partition coefficient (Wildman–Crippen LogP) is 5.61. The fraction of sp³-hybridized carbons (Fsp3) is 0.280. The van der Waals surface area contributed by atoms with Crippen molar-refractivity contribution in [2.45, 2.75) is 26.2 Å². The lowest BCUT2D eigenvalue weighted by atomic mass is 10.0. The van der Waals surface area contributed by atoms with E-state index < -0.39 is 0 Å². The highest BCUT2D eigenvalue weighted by Crippen LogP contribution is 2.41. The van der Waals surface area contributed by atoms with Gasteiger partial charge in [0.15, 0.2) is 0 Å². The molecule has 4 rings (SSSR count). The zero-order valence-corrected chi connectivity index (χ0v) is 18.6. The second-order valence-electron chi connectivity index (χ2n) is 7.63. The predicted molar refractivity (Wildman–Crippen MR) is 125 cm³/mol. The Morgan fingerprint density at radius 1 is 0.968 bits per heavy atom. The van der Waals surface area contributed by atoms with Gasteiger partial charge in [0.2, 0.25) is 0 Å². The van der Waals surface area contributed by atoms with Gasteiger partial charge in [-0.25, -0.2) is 0 Å². The number of benzene rings is 2. The fourth-order valence-corrected chi connectivity index (χ4v) is 5.18. The van der Waals surface area contributed by atoms with Gasteiger partial charge in [-0.15, -0.1) is 11.3 Å². The molecule has 2 aromatic carbocycles. The third kappa shape index (κ3) is 4.35. The van der Waals surface area contributed by atoms with E-state index >= 15 is 0 Å². The number of nitrogens with zero attached hydrogens (tertiary/aromatic N) is 1. The number of anilines is 1. The number of carbonyl (C=O) groups excluding carboxylic acids is 2. The molecule has 0 saturated carbocycles. The van der Waals surface area contributed by atoms with Gasteiger partial charge in [-0.1, -0.05) is 42.5 Å². The van der Waals surface area contributed by atoms with E-state index in [1.54, 1.807) is 25.3 Å². The van der Waals surface area contributed by atoms with E-state index in [1.165, 1.54) is 11.3 Å². The highest BCUT2D eigenvalue weighted by atomic mass is 32.1. The minimum Gasteiger partial charge on any atom is -0.496 e. The van der Waals surface area contributed by atoms with E-state index in [1.807, 2.05) is 48.2 Å². The Balaban J connectivity index is 1.74. The molecule has 5 nitrogen and oxygen atoms in total. The Labute approximate surface area is 186 Å². The number of carbonyl (C=O) groups is 2. The zero-order valence-electron chi connectivity index (χ0n) is 17.8. The van der Waals surface area contributed by atoms with Crippen molar-refractivity contribution < 1.29 is 14.3 Å². The third-order valence-electron chi connectivity index (χ3n) is 5.62. The number of para-hydroxylation sites is 1. The molecule has 1 aliphatic rings. The van der Waals surface area contributed by atoms with E-state index in [0.29, 0.717) is 21.9 Å². The smallest absolute Gasteiger partial charge is 0.260 e. The molecular weight excluding hydrogens is 408 g/mol. The van der Waals surface area contributed by atoms with Crippen LogP contribution in [0.3, 0.4) is 0 Å². The fourth-order valence-electron chi connectivity index (χ4n) is 3.98. The van der Waals surface area contributed by atoms with E-state index in [2.05, 4.69) is 5.32 Å². The van der Waals surface area contributed by atoms with E-state index in [9.17, 15) is 9.59 Å². The minimum atomic E-state index is -0.286. The van der Waals surface area contributed by atoms with Crippen molar-refractivity contribution in [3.63, 3.8) is 0 Å². The Morgan fingerprint density at radius 3 is 2.35 bits per heavy atom. The number of methoxy groups -OCH3 is 1. The second kappa shape index (κ2) is 9.35. The van der Waals surface area contributed by atoms with Crippen LogP contribution in [0.4, 0.5) is 5.00 Å². The summed E-state index contributed by atoms with van der Waals surface area (Å²) >= 11 is 1.45. The molecule has 0 spiro atoms. The molecule has 1 fully saturated rings. The molecule has 3 aromatic rings. The van der Waals surface area contributed by atoms with Gasteiger partial charge in [-0.05, 0) is 49.4 Å². The van der Waals surface area contributed by atoms with Crippen molar-refractivity contribution in [1.29, 1.82) is 0 Å². The molecule has 0 bridgehead atoms. The third-order valence-corrected chi connectivity index (χ3v) is 6.87. The zero-order chi connectivity index (χ0) is 21.8. The van der Waals surface area contributed by atoms with Gasteiger partial charge in [-0.3, -0.25) is 9.59 Å². The van der Waals surface area contributed by atoms with Crippen molar-refractivity contribution >= 4 is 28.2 Å². The van der Waals surface area contributed by atoms with Gasteiger partial charge in [0, 0.05) is 18.0 Å². The Bertz CT molecular complexity index is 1090. The molecule has 1 N–H and O–H groups in total. The van der Waals surface area contributed by atoms with E-state index in [-0.39, 0.29) is 11.8 Å². The summed E-state index contributed by atoms with van der Waals surface area (Å²) in [6, 6.07) is 17.1.